The monoisotopic (exact) mass is 478 g/mol. The van der Waals surface area contributed by atoms with Crippen molar-refractivity contribution in [2.24, 2.45) is 7.05 Å². The third-order valence-electron chi connectivity index (χ3n) is 5.46. The molecular formula is C26H30N4OS2. The Balaban J connectivity index is 1.38. The smallest absolute Gasteiger partial charge is 0.191 e. The number of thiazole rings is 1. The molecule has 4 rings (SSSR count). The lowest BCUT2D eigenvalue weighted by Gasteiger charge is -2.20. The van der Waals surface area contributed by atoms with Gasteiger partial charge in [0, 0.05) is 23.7 Å². The van der Waals surface area contributed by atoms with E-state index in [1.54, 1.807) is 23.1 Å². The first-order valence-corrected chi connectivity index (χ1v) is 12.9. The maximum absolute atomic E-state index is 6.14. The molecule has 7 heteroatoms. The van der Waals surface area contributed by atoms with Crippen LogP contribution < -0.4 is 4.74 Å². The van der Waals surface area contributed by atoms with E-state index >= 15 is 0 Å². The molecule has 33 heavy (non-hydrogen) atoms. The Morgan fingerprint density at radius 2 is 1.73 bits per heavy atom. The van der Waals surface area contributed by atoms with Crippen molar-refractivity contribution in [2.45, 2.75) is 57.0 Å². The minimum Gasteiger partial charge on any atom is -0.483 e. The molecule has 0 N–H and O–H groups in total. The van der Waals surface area contributed by atoms with E-state index in [0.717, 1.165) is 38.7 Å². The Labute approximate surface area is 204 Å². The van der Waals surface area contributed by atoms with E-state index in [1.807, 2.05) is 30.7 Å². The van der Waals surface area contributed by atoms with Gasteiger partial charge in [0.15, 0.2) is 17.1 Å². The molecule has 1 unspecified atom stereocenters. The second-order valence-corrected chi connectivity index (χ2v) is 11.0. The predicted octanol–water partition coefficient (Wildman–Crippen LogP) is 6.98. The van der Waals surface area contributed by atoms with Crippen LogP contribution >= 0.6 is 23.1 Å². The van der Waals surface area contributed by atoms with Crippen molar-refractivity contribution in [1.29, 1.82) is 0 Å². The maximum atomic E-state index is 6.14. The van der Waals surface area contributed by atoms with Crippen LogP contribution in [-0.2, 0) is 18.2 Å². The fourth-order valence-corrected chi connectivity index (χ4v) is 5.18. The molecule has 0 amide bonds. The van der Waals surface area contributed by atoms with Crippen molar-refractivity contribution in [3.63, 3.8) is 0 Å². The number of aryl methyl sites for hydroxylation is 1. The Morgan fingerprint density at radius 1 is 1.03 bits per heavy atom. The molecule has 172 valence electrons. The van der Waals surface area contributed by atoms with E-state index in [4.69, 9.17) is 9.72 Å². The second-order valence-electron chi connectivity index (χ2n) is 9.23. The average molecular weight is 479 g/mol. The average Bonchev–Trinajstić information content (AvgIpc) is 3.39. The van der Waals surface area contributed by atoms with Crippen molar-refractivity contribution in [2.75, 3.05) is 0 Å². The number of ether oxygens (including phenoxy) is 1. The fourth-order valence-electron chi connectivity index (χ4n) is 3.44. The Bertz CT molecular complexity index is 1200. The molecule has 4 aromatic rings. The van der Waals surface area contributed by atoms with E-state index in [-0.39, 0.29) is 11.5 Å². The standard InChI is InChI=1S/C26H30N4OS2/c1-17-7-9-19(10-8-17)24-27-21(15-32-24)16-33-25-29-28-23(30(25)6)18(2)31-22-13-11-20(12-14-22)26(3,4)5/h7-15,18H,16H2,1-6H3. The molecule has 0 aliphatic heterocycles. The van der Waals surface area contributed by atoms with Crippen molar-refractivity contribution in [3.8, 4) is 16.3 Å². The van der Waals surface area contributed by atoms with Gasteiger partial charge in [0.25, 0.3) is 0 Å². The molecule has 5 nitrogen and oxygen atoms in total. The summed E-state index contributed by atoms with van der Waals surface area (Å²) in [5.41, 5.74) is 4.87. The molecule has 0 saturated carbocycles. The van der Waals surface area contributed by atoms with Gasteiger partial charge in [-0.2, -0.15) is 0 Å². The molecule has 0 radical (unpaired) electrons. The van der Waals surface area contributed by atoms with E-state index in [0.29, 0.717) is 0 Å². The largest absolute Gasteiger partial charge is 0.483 e. The highest BCUT2D eigenvalue weighted by Gasteiger charge is 2.19. The number of hydrogen-bond donors (Lipinski definition) is 0. The van der Waals surface area contributed by atoms with Crippen molar-refractivity contribution >= 4 is 23.1 Å². The van der Waals surface area contributed by atoms with Crippen LogP contribution in [-0.4, -0.2) is 19.7 Å². The Kier molecular flexibility index (Phi) is 6.91. The van der Waals surface area contributed by atoms with E-state index in [9.17, 15) is 0 Å². The summed E-state index contributed by atoms with van der Waals surface area (Å²) in [6, 6.07) is 16.8. The number of hydrogen-bond acceptors (Lipinski definition) is 6. The lowest BCUT2D eigenvalue weighted by atomic mass is 9.87. The van der Waals surface area contributed by atoms with Gasteiger partial charge in [-0.05, 0) is 37.0 Å². The van der Waals surface area contributed by atoms with Gasteiger partial charge in [0.2, 0.25) is 0 Å². The van der Waals surface area contributed by atoms with Gasteiger partial charge in [-0.25, -0.2) is 4.98 Å². The minimum absolute atomic E-state index is 0.123. The van der Waals surface area contributed by atoms with Crippen LogP contribution in [0.15, 0.2) is 59.1 Å². The summed E-state index contributed by atoms with van der Waals surface area (Å²) in [6.07, 6.45) is -0.204. The van der Waals surface area contributed by atoms with Crippen LogP contribution in [0.3, 0.4) is 0 Å². The van der Waals surface area contributed by atoms with Crippen LogP contribution in [0.25, 0.3) is 10.6 Å². The first kappa shape index (κ1) is 23.5. The van der Waals surface area contributed by atoms with E-state index < -0.39 is 0 Å². The summed E-state index contributed by atoms with van der Waals surface area (Å²) in [4.78, 5) is 4.79. The fraction of sp³-hybridized carbons (Fsp3) is 0.346. The molecule has 1 atom stereocenters. The molecule has 0 bridgehead atoms. The van der Waals surface area contributed by atoms with Crippen LogP contribution in [0.1, 0.15) is 56.4 Å². The summed E-state index contributed by atoms with van der Waals surface area (Å²) >= 11 is 3.31. The number of aromatic nitrogens is 4. The zero-order valence-corrected chi connectivity index (χ0v) is 21.6. The molecule has 2 aromatic heterocycles. The molecule has 0 aliphatic carbocycles. The van der Waals surface area contributed by atoms with Crippen LogP contribution in [0.4, 0.5) is 0 Å². The SMILES string of the molecule is Cc1ccc(-c2nc(CSc3nnc(C(C)Oc4ccc(C(C)(C)C)cc4)n3C)cs2)cc1. The van der Waals surface area contributed by atoms with Crippen molar-refractivity contribution < 1.29 is 4.74 Å². The molecule has 0 spiro atoms. The Morgan fingerprint density at radius 3 is 2.39 bits per heavy atom. The van der Waals surface area contributed by atoms with Crippen molar-refractivity contribution in [1.82, 2.24) is 19.7 Å². The first-order chi connectivity index (χ1) is 15.7. The third kappa shape index (κ3) is 5.65. The number of nitrogens with zero attached hydrogens (tertiary/aromatic N) is 4. The molecule has 0 aliphatic rings. The molecular weight excluding hydrogens is 448 g/mol. The first-order valence-electron chi connectivity index (χ1n) is 11.0. The summed E-state index contributed by atoms with van der Waals surface area (Å²) in [5, 5.41) is 12.8. The van der Waals surface area contributed by atoms with Gasteiger partial charge in [-0.15, -0.1) is 21.5 Å². The third-order valence-corrected chi connectivity index (χ3v) is 7.46. The van der Waals surface area contributed by atoms with Gasteiger partial charge in [0.05, 0.1) is 5.69 Å². The highest BCUT2D eigenvalue weighted by molar-refractivity contribution is 7.98. The van der Waals surface area contributed by atoms with E-state index in [1.165, 1.54) is 11.1 Å². The molecule has 0 fully saturated rings. The van der Waals surface area contributed by atoms with Gasteiger partial charge in [-0.1, -0.05) is 74.5 Å². The molecule has 2 heterocycles. The zero-order valence-electron chi connectivity index (χ0n) is 20.0. The maximum Gasteiger partial charge on any atom is 0.191 e. The van der Waals surface area contributed by atoms with Gasteiger partial charge < -0.3 is 9.30 Å². The lowest BCUT2D eigenvalue weighted by molar-refractivity contribution is 0.211. The summed E-state index contributed by atoms with van der Waals surface area (Å²) in [6.45, 7) is 10.7. The van der Waals surface area contributed by atoms with Crippen LogP contribution in [0.2, 0.25) is 0 Å². The molecule has 0 saturated heterocycles. The quantitative estimate of drug-likeness (QED) is 0.268. The molecule has 2 aromatic carbocycles. The predicted molar refractivity (Wildman–Crippen MR) is 137 cm³/mol. The van der Waals surface area contributed by atoms with Gasteiger partial charge >= 0.3 is 0 Å². The normalized spacial score (nSPS) is 12.7. The zero-order chi connectivity index (χ0) is 23.6. The lowest BCUT2D eigenvalue weighted by Crippen LogP contribution is -2.12. The number of thioether (sulfide) groups is 1. The van der Waals surface area contributed by atoms with Gasteiger partial charge in [0.1, 0.15) is 10.8 Å². The summed E-state index contributed by atoms with van der Waals surface area (Å²) in [5.74, 6) is 2.38. The Hall–Kier alpha value is -2.64. The van der Waals surface area contributed by atoms with Gasteiger partial charge in [-0.3, -0.25) is 0 Å². The topological polar surface area (TPSA) is 52.8 Å². The highest BCUT2D eigenvalue weighted by Crippen LogP contribution is 2.30. The van der Waals surface area contributed by atoms with Crippen LogP contribution in [0.5, 0.6) is 5.75 Å². The van der Waals surface area contributed by atoms with Crippen LogP contribution in [0, 0.1) is 6.92 Å². The second kappa shape index (κ2) is 9.69. The minimum atomic E-state index is -0.204. The van der Waals surface area contributed by atoms with Crippen molar-refractivity contribution in [3.05, 3.63) is 76.6 Å². The number of rotatable bonds is 7. The number of benzene rings is 2. The van der Waals surface area contributed by atoms with E-state index in [2.05, 4.69) is 79.7 Å². The summed E-state index contributed by atoms with van der Waals surface area (Å²) < 4.78 is 8.15. The summed E-state index contributed by atoms with van der Waals surface area (Å²) in [7, 11) is 1.99. The highest BCUT2D eigenvalue weighted by atomic mass is 32.2.